The maximum Gasteiger partial charge on any atom is 0.310 e. The maximum atomic E-state index is 11.9. The van der Waals surface area contributed by atoms with Crippen LogP contribution in [0, 0.1) is 23.7 Å². The zero-order valence-corrected chi connectivity index (χ0v) is 11.1. The molecule has 0 amide bonds. The standard InChI is InChI=1S/C14H25NO2/c1-3-17-14(16)13-9-15-8-12(13)11-6-4-10(2)5-7-11/h10-13,15H,3-9H2,1-2H3. The minimum atomic E-state index is 0.0149. The van der Waals surface area contributed by atoms with Crippen LogP contribution in [0.2, 0.25) is 0 Å². The molecule has 1 saturated heterocycles. The summed E-state index contributed by atoms with van der Waals surface area (Å²) in [4.78, 5) is 11.9. The molecule has 1 aliphatic carbocycles. The van der Waals surface area contributed by atoms with E-state index in [9.17, 15) is 4.79 Å². The van der Waals surface area contributed by atoms with Gasteiger partial charge in [0.25, 0.3) is 0 Å². The molecular weight excluding hydrogens is 214 g/mol. The van der Waals surface area contributed by atoms with Crippen molar-refractivity contribution in [3.63, 3.8) is 0 Å². The molecule has 0 aromatic heterocycles. The van der Waals surface area contributed by atoms with E-state index in [1.165, 1.54) is 25.7 Å². The fraction of sp³-hybridized carbons (Fsp3) is 0.929. The minimum Gasteiger partial charge on any atom is -0.466 e. The third kappa shape index (κ3) is 3.01. The van der Waals surface area contributed by atoms with Crippen LogP contribution in [0.4, 0.5) is 0 Å². The van der Waals surface area contributed by atoms with Crippen molar-refractivity contribution in [2.75, 3.05) is 19.7 Å². The Morgan fingerprint density at radius 2 is 1.94 bits per heavy atom. The van der Waals surface area contributed by atoms with Crippen LogP contribution in [-0.2, 0) is 9.53 Å². The summed E-state index contributed by atoms with van der Waals surface area (Å²) in [5, 5.41) is 3.37. The molecule has 2 unspecified atom stereocenters. The monoisotopic (exact) mass is 239 g/mol. The molecule has 1 N–H and O–H groups in total. The smallest absolute Gasteiger partial charge is 0.310 e. The van der Waals surface area contributed by atoms with Gasteiger partial charge in [0.1, 0.15) is 0 Å². The molecule has 0 aromatic carbocycles. The first-order chi connectivity index (χ1) is 8.22. The fourth-order valence-electron chi connectivity index (χ4n) is 3.42. The molecule has 1 saturated carbocycles. The highest BCUT2D eigenvalue weighted by Crippen LogP contribution is 2.38. The number of carbonyl (C=O) groups excluding carboxylic acids is 1. The van der Waals surface area contributed by atoms with Crippen LogP contribution in [-0.4, -0.2) is 25.7 Å². The number of ether oxygens (including phenoxy) is 1. The Balaban J connectivity index is 1.92. The molecule has 3 nitrogen and oxygen atoms in total. The Bertz CT molecular complexity index is 259. The first kappa shape index (κ1) is 12.9. The summed E-state index contributed by atoms with van der Waals surface area (Å²) >= 11 is 0. The van der Waals surface area contributed by atoms with E-state index in [1.807, 2.05) is 6.92 Å². The second-order valence-electron chi connectivity index (χ2n) is 5.70. The fourth-order valence-corrected chi connectivity index (χ4v) is 3.42. The van der Waals surface area contributed by atoms with Crippen molar-refractivity contribution in [2.45, 2.75) is 39.5 Å². The molecule has 1 heterocycles. The summed E-state index contributed by atoms with van der Waals surface area (Å²) in [6.45, 7) is 6.55. The Morgan fingerprint density at radius 3 is 2.59 bits per heavy atom. The van der Waals surface area contributed by atoms with Gasteiger partial charge in [-0.25, -0.2) is 0 Å². The van der Waals surface area contributed by atoms with Gasteiger partial charge in [-0.1, -0.05) is 19.8 Å². The first-order valence-corrected chi connectivity index (χ1v) is 7.09. The van der Waals surface area contributed by atoms with Crippen molar-refractivity contribution < 1.29 is 9.53 Å². The van der Waals surface area contributed by atoms with Gasteiger partial charge in [-0.05, 0) is 44.1 Å². The highest BCUT2D eigenvalue weighted by molar-refractivity contribution is 5.73. The number of carbonyl (C=O) groups is 1. The molecular formula is C14H25NO2. The predicted molar refractivity (Wildman–Crippen MR) is 67.6 cm³/mol. The van der Waals surface area contributed by atoms with Gasteiger partial charge < -0.3 is 10.1 Å². The molecule has 2 atom stereocenters. The molecule has 98 valence electrons. The van der Waals surface area contributed by atoms with E-state index in [1.54, 1.807) is 0 Å². The lowest BCUT2D eigenvalue weighted by Gasteiger charge is -2.32. The second-order valence-corrected chi connectivity index (χ2v) is 5.70. The Morgan fingerprint density at radius 1 is 1.24 bits per heavy atom. The topological polar surface area (TPSA) is 38.3 Å². The predicted octanol–water partition coefficient (Wildman–Crippen LogP) is 2.21. The van der Waals surface area contributed by atoms with Crippen molar-refractivity contribution in [1.29, 1.82) is 0 Å². The Hall–Kier alpha value is -0.570. The molecule has 0 spiro atoms. The average Bonchev–Trinajstić information content (AvgIpc) is 2.79. The van der Waals surface area contributed by atoms with E-state index in [0.29, 0.717) is 12.5 Å². The van der Waals surface area contributed by atoms with Crippen LogP contribution in [0.5, 0.6) is 0 Å². The van der Waals surface area contributed by atoms with Crippen molar-refractivity contribution in [3.05, 3.63) is 0 Å². The quantitative estimate of drug-likeness (QED) is 0.767. The Kier molecular flexibility index (Phi) is 4.43. The lowest BCUT2D eigenvalue weighted by atomic mass is 9.73. The van der Waals surface area contributed by atoms with Crippen LogP contribution in [0.1, 0.15) is 39.5 Å². The van der Waals surface area contributed by atoms with E-state index in [2.05, 4.69) is 12.2 Å². The summed E-state index contributed by atoms with van der Waals surface area (Å²) in [6, 6.07) is 0. The Labute approximate surface area is 104 Å². The zero-order chi connectivity index (χ0) is 12.3. The van der Waals surface area contributed by atoms with Crippen molar-refractivity contribution >= 4 is 5.97 Å². The molecule has 2 fully saturated rings. The van der Waals surface area contributed by atoms with Gasteiger partial charge in [0.15, 0.2) is 0 Å². The van der Waals surface area contributed by atoms with Gasteiger partial charge in [0.05, 0.1) is 12.5 Å². The molecule has 0 bridgehead atoms. The van der Waals surface area contributed by atoms with Gasteiger partial charge >= 0.3 is 5.97 Å². The highest BCUT2D eigenvalue weighted by atomic mass is 16.5. The summed E-state index contributed by atoms with van der Waals surface area (Å²) < 4.78 is 5.19. The molecule has 0 radical (unpaired) electrons. The summed E-state index contributed by atoms with van der Waals surface area (Å²) in [6.07, 6.45) is 5.25. The van der Waals surface area contributed by atoms with E-state index >= 15 is 0 Å². The van der Waals surface area contributed by atoms with Gasteiger partial charge in [0.2, 0.25) is 0 Å². The van der Waals surface area contributed by atoms with Crippen LogP contribution < -0.4 is 5.32 Å². The molecule has 0 aromatic rings. The summed E-state index contributed by atoms with van der Waals surface area (Å²) in [7, 11) is 0. The number of nitrogens with one attached hydrogen (secondary N) is 1. The molecule has 2 rings (SSSR count). The lowest BCUT2D eigenvalue weighted by molar-refractivity contribution is -0.149. The molecule has 1 aliphatic heterocycles. The normalized spacial score (nSPS) is 38.0. The number of hydrogen-bond acceptors (Lipinski definition) is 3. The average molecular weight is 239 g/mol. The second kappa shape index (κ2) is 5.85. The van der Waals surface area contributed by atoms with Gasteiger partial charge in [-0.2, -0.15) is 0 Å². The third-order valence-corrected chi connectivity index (χ3v) is 4.52. The highest BCUT2D eigenvalue weighted by Gasteiger charge is 2.39. The zero-order valence-electron chi connectivity index (χ0n) is 11.1. The molecule has 17 heavy (non-hydrogen) atoms. The minimum absolute atomic E-state index is 0.0149. The summed E-state index contributed by atoms with van der Waals surface area (Å²) in [5.74, 6) is 2.24. The van der Waals surface area contributed by atoms with Crippen molar-refractivity contribution in [2.24, 2.45) is 23.7 Å². The van der Waals surface area contributed by atoms with Gasteiger partial charge in [0, 0.05) is 6.54 Å². The van der Waals surface area contributed by atoms with Crippen molar-refractivity contribution in [1.82, 2.24) is 5.32 Å². The molecule has 3 heteroatoms. The van der Waals surface area contributed by atoms with Gasteiger partial charge in [-0.15, -0.1) is 0 Å². The van der Waals surface area contributed by atoms with Crippen LogP contribution in [0.3, 0.4) is 0 Å². The number of rotatable bonds is 3. The maximum absolute atomic E-state index is 11.9. The third-order valence-electron chi connectivity index (χ3n) is 4.52. The van der Waals surface area contributed by atoms with E-state index in [0.717, 1.165) is 24.9 Å². The van der Waals surface area contributed by atoms with E-state index < -0.39 is 0 Å². The molecule has 2 aliphatic rings. The largest absolute Gasteiger partial charge is 0.466 e. The van der Waals surface area contributed by atoms with Gasteiger partial charge in [-0.3, -0.25) is 4.79 Å². The summed E-state index contributed by atoms with van der Waals surface area (Å²) in [5.41, 5.74) is 0. The van der Waals surface area contributed by atoms with Crippen molar-refractivity contribution in [3.8, 4) is 0 Å². The van der Waals surface area contributed by atoms with Crippen LogP contribution in [0.25, 0.3) is 0 Å². The van der Waals surface area contributed by atoms with Crippen LogP contribution >= 0.6 is 0 Å². The lowest BCUT2D eigenvalue weighted by Crippen LogP contribution is -2.31. The van der Waals surface area contributed by atoms with Crippen LogP contribution in [0.15, 0.2) is 0 Å². The first-order valence-electron chi connectivity index (χ1n) is 7.09. The number of hydrogen-bond donors (Lipinski definition) is 1. The van der Waals surface area contributed by atoms with E-state index in [-0.39, 0.29) is 11.9 Å². The SMILES string of the molecule is CCOC(=O)C1CNCC1C1CCC(C)CC1. The van der Waals surface area contributed by atoms with E-state index in [4.69, 9.17) is 4.74 Å². The number of esters is 1.